The summed E-state index contributed by atoms with van der Waals surface area (Å²) in [5.41, 5.74) is 5.59. The van der Waals surface area contributed by atoms with Crippen molar-refractivity contribution in [2.75, 3.05) is 31.9 Å². The first-order valence-electron chi connectivity index (χ1n) is 8.99. The van der Waals surface area contributed by atoms with Gasteiger partial charge in [-0.3, -0.25) is 9.59 Å². The molecule has 1 fully saturated rings. The van der Waals surface area contributed by atoms with E-state index in [0.29, 0.717) is 38.9 Å². The molecule has 0 saturated carbocycles. The minimum atomic E-state index is -3.51. The first kappa shape index (κ1) is 23.4. The largest absolute Gasteiger partial charge is 0.355 e. The van der Waals surface area contributed by atoms with Gasteiger partial charge in [-0.2, -0.15) is 0 Å². The fourth-order valence-electron chi connectivity index (χ4n) is 3.18. The molecule has 9 heteroatoms. The van der Waals surface area contributed by atoms with Crippen molar-refractivity contribution >= 4 is 34.1 Å². The number of nitrogens with one attached hydrogen (secondary N) is 1. The summed E-state index contributed by atoms with van der Waals surface area (Å²) >= 11 is 0. The number of sulfone groups is 1. The van der Waals surface area contributed by atoms with Crippen LogP contribution in [0.4, 0.5) is 0 Å². The van der Waals surface area contributed by atoms with E-state index in [1.54, 1.807) is 30.0 Å². The standard InChI is InChI=1S/C18H27N3O4S.ClH/c1-2-12-26(24,25)16-8-4-3-7-15(16)18(23)21-11-5-6-14(13-21)17(22)20-10-9-19;/h3-4,7-8,14H,2,5-6,9-13,19H2,1H3,(H,20,22);1H. The van der Waals surface area contributed by atoms with Gasteiger partial charge in [-0.25, -0.2) is 8.42 Å². The molecule has 2 rings (SSSR count). The molecule has 7 nitrogen and oxygen atoms in total. The first-order valence-corrected chi connectivity index (χ1v) is 10.6. The molecule has 1 saturated heterocycles. The molecule has 0 aliphatic carbocycles. The Kier molecular flexibility index (Phi) is 9.21. The Morgan fingerprint density at radius 2 is 2.00 bits per heavy atom. The number of rotatable bonds is 7. The third-order valence-electron chi connectivity index (χ3n) is 4.45. The van der Waals surface area contributed by atoms with E-state index in [0.717, 1.165) is 0 Å². The maximum absolute atomic E-state index is 13.0. The molecular weight excluding hydrogens is 390 g/mol. The molecule has 1 aliphatic heterocycles. The maximum atomic E-state index is 13.0. The lowest BCUT2D eigenvalue weighted by Gasteiger charge is -2.32. The Balaban J connectivity index is 0.00000364. The number of halogens is 1. The molecule has 3 N–H and O–H groups in total. The van der Waals surface area contributed by atoms with Crippen LogP contribution in [0.2, 0.25) is 0 Å². The monoisotopic (exact) mass is 417 g/mol. The summed E-state index contributed by atoms with van der Waals surface area (Å²) in [5, 5.41) is 2.76. The molecule has 0 radical (unpaired) electrons. The van der Waals surface area contributed by atoms with Gasteiger partial charge < -0.3 is 16.0 Å². The van der Waals surface area contributed by atoms with Gasteiger partial charge in [0, 0.05) is 26.2 Å². The topological polar surface area (TPSA) is 110 Å². The summed E-state index contributed by atoms with van der Waals surface area (Å²) in [6, 6.07) is 6.31. The lowest BCUT2D eigenvalue weighted by Crippen LogP contribution is -2.46. The van der Waals surface area contributed by atoms with Gasteiger partial charge in [-0.05, 0) is 31.4 Å². The number of nitrogens with two attached hydrogens (primary N) is 1. The number of hydrogen-bond acceptors (Lipinski definition) is 5. The van der Waals surface area contributed by atoms with Gasteiger partial charge in [0.15, 0.2) is 9.84 Å². The third kappa shape index (κ3) is 5.92. The van der Waals surface area contributed by atoms with Crippen molar-refractivity contribution < 1.29 is 18.0 Å². The van der Waals surface area contributed by atoms with Crippen LogP contribution in [0.3, 0.4) is 0 Å². The van der Waals surface area contributed by atoms with E-state index in [-0.39, 0.29) is 52.9 Å². The molecule has 0 aromatic heterocycles. The summed E-state index contributed by atoms with van der Waals surface area (Å²) in [6.45, 7) is 3.36. The average Bonchev–Trinajstić information content (AvgIpc) is 2.65. The average molecular weight is 418 g/mol. The molecule has 0 spiro atoms. The Hall–Kier alpha value is -1.64. The highest BCUT2D eigenvalue weighted by Crippen LogP contribution is 2.23. The summed E-state index contributed by atoms with van der Waals surface area (Å²) in [6.07, 6.45) is 1.89. The Morgan fingerprint density at radius 3 is 2.67 bits per heavy atom. The van der Waals surface area contributed by atoms with E-state index < -0.39 is 9.84 Å². The number of piperidine rings is 1. The van der Waals surface area contributed by atoms with Crippen LogP contribution in [0.25, 0.3) is 0 Å². The van der Waals surface area contributed by atoms with Gasteiger partial charge in [0.05, 0.1) is 22.1 Å². The van der Waals surface area contributed by atoms with E-state index in [2.05, 4.69) is 5.32 Å². The molecule has 0 bridgehead atoms. The highest BCUT2D eigenvalue weighted by molar-refractivity contribution is 7.91. The highest BCUT2D eigenvalue weighted by Gasteiger charge is 2.31. The van der Waals surface area contributed by atoms with E-state index in [1.807, 2.05) is 0 Å². The van der Waals surface area contributed by atoms with Crippen LogP contribution in [-0.4, -0.2) is 57.1 Å². The molecule has 1 aromatic carbocycles. The zero-order chi connectivity index (χ0) is 19.2. The Bertz CT molecular complexity index is 755. The molecule has 1 unspecified atom stereocenters. The van der Waals surface area contributed by atoms with E-state index in [1.165, 1.54) is 6.07 Å². The van der Waals surface area contributed by atoms with Gasteiger partial charge in [-0.15, -0.1) is 12.4 Å². The van der Waals surface area contributed by atoms with Gasteiger partial charge in [0.25, 0.3) is 5.91 Å². The number of benzene rings is 1. The van der Waals surface area contributed by atoms with Crippen LogP contribution in [-0.2, 0) is 14.6 Å². The van der Waals surface area contributed by atoms with Crippen LogP contribution in [0, 0.1) is 5.92 Å². The first-order chi connectivity index (χ1) is 12.4. The summed E-state index contributed by atoms with van der Waals surface area (Å²) < 4.78 is 25.0. The fraction of sp³-hybridized carbons (Fsp3) is 0.556. The number of hydrogen-bond donors (Lipinski definition) is 2. The van der Waals surface area contributed by atoms with Crippen LogP contribution in [0.5, 0.6) is 0 Å². The summed E-state index contributed by atoms with van der Waals surface area (Å²) in [7, 11) is -3.51. The molecule has 1 heterocycles. The molecule has 27 heavy (non-hydrogen) atoms. The third-order valence-corrected chi connectivity index (χ3v) is 6.42. The van der Waals surface area contributed by atoms with Gasteiger partial charge in [-0.1, -0.05) is 19.1 Å². The molecule has 2 amide bonds. The van der Waals surface area contributed by atoms with Crippen LogP contribution in [0.15, 0.2) is 29.2 Å². The van der Waals surface area contributed by atoms with Crippen LogP contribution >= 0.6 is 12.4 Å². The van der Waals surface area contributed by atoms with Crippen molar-refractivity contribution in [2.45, 2.75) is 31.1 Å². The van der Waals surface area contributed by atoms with Crippen LogP contribution < -0.4 is 11.1 Å². The molecule has 1 aliphatic rings. The highest BCUT2D eigenvalue weighted by atomic mass is 35.5. The number of carbonyl (C=O) groups excluding carboxylic acids is 2. The predicted octanol–water partition coefficient (Wildman–Crippen LogP) is 1.22. The van der Waals surface area contributed by atoms with Gasteiger partial charge in [0.2, 0.25) is 5.91 Å². The quantitative estimate of drug-likeness (QED) is 0.693. The second kappa shape index (κ2) is 10.6. The second-order valence-electron chi connectivity index (χ2n) is 6.49. The number of carbonyl (C=O) groups is 2. The molecule has 1 aromatic rings. The number of likely N-dealkylation sites (tertiary alicyclic amines) is 1. The minimum Gasteiger partial charge on any atom is -0.355 e. The van der Waals surface area contributed by atoms with Crippen molar-refractivity contribution in [2.24, 2.45) is 11.7 Å². The SMILES string of the molecule is CCCS(=O)(=O)c1ccccc1C(=O)N1CCCC(C(=O)NCCN)C1.Cl. The summed E-state index contributed by atoms with van der Waals surface area (Å²) in [4.78, 5) is 26.8. The summed E-state index contributed by atoms with van der Waals surface area (Å²) in [5.74, 6) is -0.739. The second-order valence-corrected chi connectivity index (χ2v) is 8.56. The van der Waals surface area contributed by atoms with Crippen molar-refractivity contribution in [1.29, 1.82) is 0 Å². The minimum absolute atomic E-state index is 0. The van der Waals surface area contributed by atoms with Gasteiger partial charge >= 0.3 is 0 Å². The zero-order valence-corrected chi connectivity index (χ0v) is 17.2. The van der Waals surface area contributed by atoms with Crippen molar-refractivity contribution in [3.05, 3.63) is 29.8 Å². The lowest BCUT2D eigenvalue weighted by molar-refractivity contribution is -0.126. The fourth-order valence-corrected chi connectivity index (χ4v) is 4.71. The predicted molar refractivity (Wildman–Crippen MR) is 107 cm³/mol. The van der Waals surface area contributed by atoms with Gasteiger partial charge in [0.1, 0.15) is 0 Å². The van der Waals surface area contributed by atoms with Crippen LogP contribution in [0.1, 0.15) is 36.5 Å². The number of nitrogens with zero attached hydrogens (tertiary/aromatic N) is 1. The van der Waals surface area contributed by atoms with E-state index in [9.17, 15) is 18.0 Å². The Morgan fingerprint density at radius 1 is 1.30 bits per heavy atom. The normalized spacial score (nSPS) is 17.1. The smallest absolute Gasteiger partial charge is 0.255 e. The van der Waals surface area contributed by atoms with E-state index >= 15 is 0 Å². The molecule has 1 atom stereocenters. The molecular formula is C18H28ClN3O4S. The lowest BCUT2D eigenvalue weighted by atomic mass is 9.96. The van der Waals surface area contributed by atoms with Crippen molar-refractivity contribution in [3.8, 4) is 0 Å². The van der Waals surface area contributed by atoms with Crippen molar-refractivity contribution in [3.63, 3.8) is 0 Å². The Labute approximate surface area is 167 Å². The number of amides is 2. The zero-order valence-electron chi connectivity index (χ0n) is 15.5. The molecule has 152 valence electrons. The van der Waals surface area contributed by atoms with E-state index in [4.69, 9.17) is 5.73 Å². The van der Waals surface area contributed by atoms with Crippen molar-refractivity contribution in [1.82, 2.24) is 10.2 Å². The maximum Gasteiger partial charge on any atom is 0.255 e.